The molecule has 0 saturated heterocycles. The largest absolute Gasteiger partial charge is 0.443 e. The number of hydrogen-bond donors (Lipinski definition) is 2. The van der Waals surface area contributed by atoms with Crippen molar-refractivity contribution in [2.24, 2.45) is 5.41 Å². The van der Waals surface area contributed by atoms with Gasteiger partial charge in [-0.3, -0.25) is 9.78 Å². The summed E-state index contributed by atoms with van der Waals surface area (Å²) in [5, 5.41) is 6.16. The Labute approximate surface area is 178 Å². The summed E-state index contributed by atoms with van der Waals surface area (Å²) < 4.78 is 5.47. The second-order valence-corrected chi connectivity index (χ2v) is 7.87. The number of amides is 2. The molecule has 2 N–H and O–H groups in total. The average Bonchev–Trinajstić information content (AvgIpc) is 3.15. The lowest BCUT2D eigenvalue weighted by Gasteiger charge is -2.20. The molecular weight excluding hydrogens is 403 g/mol. The molecule has 0 radical (unpaired) electrons. The molecule has 2 aliphatic rings. The molecule has 3 rings (SSSR count). The normalized spacial score (nSPS) is 15.5. The zero-order valence-corrected chi connectivity index (χ0v) is 18.3. The molecule has 0 fully saturated rings. The van der Waals surface area contributed by atoms with E-state index in [1.165, 1.54) is 11.1 Å². The van der Waals surface area contributed by atoms with Gasteiger partial charge in [-0.25, -0.2) is 4.79 Å². The molecule has 156 valence electrons. The average molecular weight is 431 g/mol. The first-order valence-corrected chi connectivity index (χ1v) is 8.84. The molecule has 0 aliphatic carbocycles. The topological polar surface area (TPSA) is 83.6 Å². The van der Waals surface area contributed by atoms with Gasteiger partial charge in [0.05, 0.1) is 5.69 Å². The summed E-state index contributed by atoms with van der Waals surface area (Å²) in [5.41, 5.74) is 3.99. The highest BCUT2D eigenvalue weighted by Crippen LogP contribution is 2.23. The third-order valence-electron chi connectivity index (χ3n) is 4.57. The maximum Gasteiger partial charge on any atom is 0.410 e. The predicted molar refractivity (Wildman–Crippen MR) is 113 cm³/mol. The third-order valence-corrected chi connectivity index (χ3v) is 4.57. The Kier molecular flexibility index (Phi) is 8.29. The second-order valence-electron chi connectivity index (χ2n) is 7.87. The summed E-state index contributed by atoms with van der Waals surface area (Å²) in [6, 6.07) is 3.62. The summed E-state index contributed by atoms with van der Waals surface area (Å²) in [4.78, 5) is 30.8. The molecule has 0 saturated carbocycles. The van der Waals surface area contributed by atoms with E-state index in [1.54, 1.807) is 11.0 Å². The van der Waals surface area contributed by atoms with Gasteiger partial charge in [0.25, 0.3) is 0 Å². The zero-order valence-electron chi connectivity index (χ0n) is 16.6. The van der Waals surface area contributed by atoms with Crippen molar-refractivity contribution in [2.75, 3.05) is 31.5 Å². The SMILES string of the molecule is Cc1ccc(NC(=O)C(C)(C)C)c(COC(=O)N2CC3=C(CNC3)C2)n1.Cl.Cl. The Morgan fingerprint density at radius 3 is 2.36 bits per heavy atom. The fourth-order valence-corrected chi connectivity index (χ4v) is 2.96. The maximum atomic E-state index is 12.4. The molecule has 3 heterocycles. The number of hydrogen-bond acceptors (Lipinski definition) is 5. The molecule has 1 aromatic rings. The minimum absolute atomic E-state index is 0. The number of anilines is 1. The molecule has 7 nitrogen and oxygen atoms in total. The van der Waals surface area contributed by atoms with Crippen LogP contribution in [-0.2, 0) is 16.1 Å². The van der Waals surface area contributed by atoms with Crippen molar-refractivity contribution < 1.29 is 14.3 Å². The van der Waals surface area contributed by atoms with E-state index in [-0.39, 0.29) is 43.4 Å². The van der Waals surface area contributed by atoms with Gasteiger partial charge in [-0.1, -0.05) is 20.8 Å². The molecule has 0 atom stereocenters. The third kappa shape index (κ3) is 5.59. The number of nitrogens with one attached hydrogen (secondary N) is 2. The maximum absolute atomic E-state index is 12.4. The van der Waals surface area contributed by atoms with Gasteiger partial charge in [0.1, 0.15) is 12.3 Å². The first-order valence-electron chi connectivity index (χ1n) is 8.84. The number of halogens is 2. The Hall–Kier alpha value is -1.83. The van der Waals surface area contributed by atoms with Crippen molar-refractivity contribution in [3.8, 4) is 0 Å². The Bertz CT molecular complexity index is 759. The first kappa shape index (κ1) is 24.2. The van der Waals surface area contributed by atoms with Crippen LogP contribution in [0.4, 0.5) is 10.5 Å². The molecule has 2 aliphatic heterocycles. The van der Waals surface area contributed by atoms with Gasteiger partial charge in [-0.2, -0.15) is 0 Å². The molecule has 28 heavy (non-hydrogen) atoms. The van der Waals surface area contributed by atoms with Crippen molar-refractivity contribution in [3.05, 3.63) is 34.7 Å². The van der Waals surface area contributed by atoms with Gasteiger partial charge in [-0.15, -0.1) is 24.8 Å². The summed E-state index contributed by atoms with van der Waals surface area (Å²) in [6.45, 7) is 10.4. The van der Waals surface area contributed by atoms with Gasteiger partial charge in [-0.05, 0) is 30.2 Å². The molecular formula is C19H28Cl2N4O3. The molecule has 1 aromatic heterocycles. The van der Waals surface area contributed by atoms with Crippen LogP contribution in [-0.4, -0.2) is 48.1 Å². The van der Waals surface area contributed by atoms with Crippen LogP contribution in [0.5, 0.6) is 0 Å². The van der Waals surface area contributed by atoms with Crippen LogP contribution in [0.25, 0.3) is 0 Å². The van der Waals surface area contributed by atoms with E-state index >= 15 is 0 Å². The van der Waals surface area contributed by atoms with E-state index in [1.807, 2.05) is 33.8 Å². The molecule has 0 unspecified atom stereocenters. The summed E-state index contributed by atoms with van der Waals surface area (Å²) in [6.07, 6.45) is -0.351. The van der Waals surface area contributed by atoms with Crippen molar-refractivity contribution in [1.82, 2.24) is 15.2 Å². The van der Waals surface area contributed by atoms with Crippen molar-refractivity contribution in [3.63, 3.8) is 0 Å². The smallest absolute Gasteiger partial charge is 0.410 e. The Balaban J connectivity index is 0.00000196. The van der Waals surface area contributed by atoms with Gasteiger partial charge >= 0.3 is 6.09 Å². The first-order chi connectivity index (χ1) is 12.2. The lowest BCUT2D eigenvalue weighted by atomic mass is 9.95. The Morgan fingerprint density at radius 1 is 1.18 bits per heavy atom. The highest BCUT2D eigenvalue weighted by molar-refractivity contribution is 5.95. The molecule has 0 spiro atoms. The van der Waals surface area contributed by atoms with Crippen molar-refractivity contribution >= 4 is 42.5 Å². The minimum atomic E-state index is -0.519. The quantitative estimate of drug-likeness (QED) is 0.719. The van der Waals surface area contributed by atoms with E-state index in [2.05, 4.69) is 15.6 Å². The summed E-state index contributed by atoms with van der Waals surface area (Å²) in [5.74, 6) is -0.108. The van der Waals surface area contributed by atoms with Gasteiger partial charge in [0, 0.05) is 37.3 Å². The summed E-state index contributed by atoms with van der Waals surface area (Å²) in [7, 11) is 0. The summed E-state index contributed by atoms with van der Waals surface area (Å²) >= 11 is 0. The minimum Gasteiger partial charge on any atom is -0.443 e. The lowest BCUT2D eigenvalue weighted by molar-refractivity contribution is -0.123. The highest BCUT2D eigenvalue weighted by Gasteiger charge is 2.29. The monoisotopic (exact) mass is 430 g/mol. The number of carbonyl (C=O) groups is 2. The van der Waals surface area contributed by atoms with Crippen LogP contribution in [0.2, 0.25) is 0 Å². The molecule has 0 bridgehead atoms. The highest BCUT2D eigenvalue weighted by atomic mass is 35.5. The fraction of sp³-hybridized carbons (Fsp3) is 0.526. The van der Waals surface area contributed by atoms with E-state index < -0.39 is 5.41 Å². The van der Waals surface area contributed by atoms with Gasteiger partial charge < -0.3 is 20.3 Å². The number of rotatable bonds is 3. The number of pyridine rings is 1. The zero-order chi connectivity index (χ0) is 18.9. The van der Waals surface area contributed by atoms with E-state index in [0.29, 0.717) is 24.5 Å². The number of ether oxygens (including phenoxy) is 1. The van der Waals surface area contributed by atoms with Crippen LogP contribution in [0.3, 0.4) is 0 Å². The number of carbonyl (C=O) groups excluding carboxylic acids is 2. The number of nitrogens with zero attached hydrogens (tertiary/aromatic N) is 2. The van der Waals surface area contributed by atoms with E-state index in [0.717, 1.165) is 18.8 Å². The van der Waals surface area contributed by atoms with Crippen LogP contribution in [0, 0.1) is 12.3 Å². The molecule has 0 aromatic carbocycles. The van der Waals surface area contributed by atoms with E-state index in [9.17, 15) is 9.59 Å². The van der Waals surface area contributed by atoms with Crippen LogP contribution >= 0.6 is 24.8 Å². The fourth-order valence-electron chi connectivity index (χ4n) is 2.96. The van der Waals surface area contributed by atoms with Crippen LogP contribution in [0.1, 0.15) is 32.2 Å². The van der Waals surface area contributed by atoms with Crippen LogP contribution in [0.15, 0.2) is 23.3 Å². The predicted octanol–water partition coefficient (Wildman–Crippen LogP) is 3.07. The van der Waals surface area contributed by atoms with Crippen LogP contribution < -0.4 is 10.6 Å². The second kappa shape index (κ2) is 9.58. The van der Waals surface area contributed by atoms with Gasteiger partial charge in [0.2, 0.25) is 5.91 Å². The molecule has 9 heteroatoms. The van der Waals surface area contributed by atoms with Gasteiger partial charge in [0.15, 0.2) is 0 Å². The van der Waals surface area contributed by atoms with Crippen molar-refractivity contribution in [1.29, 1.82) is 0 Å². The van der Waals surface area contributed by atoms with Crippen molar-refractivity contribution in [2.45, 2.75) is 34.3 Å². The number of aromatic nitrogens is 1. The lowest BCUT2D eigenvalue weighted by Crippen LogP contribution is -2.33. The van der Waals surface area contributed by atoms with E-state index in [4.69, 9.17) is 4.74 Å². The molecule has 2 amide bonds. The standard InChI is InChI=1S/C19H26N4O3.2ClH/c1-12-5-6-15(22-17(24)19(2,3)4)16(21-12)11-26-18(25)23-9-13-7-20-8-14(13)10-23;;/h5-6,20H,7-11H2,1-4H3,(H,22,24);2*1H. The Morgan fingerprint density at radius 2 is 1.79 bits per heavy atom. The number of aryl methyl sites for hydroxylation is 1.